The Morgan fingerprint density at radius 2 is 2.55 bits per heavy atom. The molecule has 0 radical (unpaired) electrons. The summed E-state index contributed by atoms with van der Waals surface area (Å²) < 4.78 is 0.789. The van der Waals surface area contributed by atoms with Gasteiger partial charge in [-0.1, -0.05) is 0 Å². The highest BCUT2D eigenvalue weighted by molar-refractivity contribution is 9.11. The third-order valence-corrected chi connectivity index (χ3v) is 2.75. The molecule has 1 rings (SSSR count). The molecule has 0 saturated heterocycles. The first kappa shape index (κ1) is 9.12. The maximum Gasteiger partial charge on any atom is 0.159 e. The van der Waals surface area contributed by atoms with Crippen molar-refractivity contribution < 1.29 is 5.11 Å². The molecule has 0 bridgehead atoms. The molecule has 0 spiro atoms. The molecule has 0 fully saturated rings. The van der Waals surface area contributed by atoms with Crippen LogP contribution < -0.4 is 5.73 Å². The van der Waals surface area contributed by atoms with Gasteiger partial charge in [0.05, 0.1) is 17.8 Å². The van der Waals surface area contributed by atoms with E-state index in [1.54, 1.807) is 6.92 Å². The highest BCUT2D eigenvalue weighted by Crippen LogP contribution is 2.22. The Morgan fingerprint density at radius 1 is 1.91 bits per heavy atom. The summed E-state index contributed by atoms with van der Waals surface area (Å²) >= 11 is 4.69. The predicted octanol–water partition coefficient (Wildman–Crippen LogP) is 1.07. The zero-order chi connectivity index (χ0) is 8.48. The van der Waals surface area contributed by atoms with Crippen molar-refractivity contribution in [2.24, 2.45) is 5.73 Å². The fraction of sp³-hybridized carbons (Fsp3) is 0.500. The van der Waals surface area contributed by atoms with Gasteiger partial charge in [-0.25, -0.2) is 4.98 Å². The van der Waals surface area contributed by atoms with E-state index in [0.717, 1.165) is 9.61 Å². The molecule has 0 saturated carbocycles. The fourth-order valence-electron chi connectivity index (χ4n) is 0.595. The van der Waals surface area contributed by atoms with Crippen molar-refractivity contribution in [3.8, 4) is 0 Å². The van der Waals surface area contributed by atoms with Crippen molar-refractivity contribution in [3.63, 3.8) is 0 Å². The van der Waals surface area contributed by atoms with Gasteiger partial charge in [-0.15, -0.1) is 11.3 Å². The molecule has 11 heavy (non-hydrogen) atoms. The van der Waals surface area contributed by atoms with Gasteiger partial charge < -0.3 is 10.8 Å². The molecule has 0 aliphatic rings. The van der Waals surface area contributed by atoms with Crippen LogP contribution in [-0.4, -0.2) is 16.7 Å². The molecule has 3 N–H and O–H groups in total. The molecule has 1 aromatic heterocycles. The van der Waals surface area contributed by atoms with E-state index in [-0.39, 0.29) is 6.61 Å². The Morgan fingerprint density at radius 3 is 2.91 bits per heavy atom. The highest BCUT2D eigenvalue weighted by Gasteiger charge is 2.22. The maximum absolute atomic E-state index is 8.88. The van der Waals surface area contributed by atoms with E-state index >= 15 is 0 Å². The largest absolute Gasteiger partial charge is 0.394 e. The topological polar surface area (TPSA) is 59.1 Å². The van der Waals surface area contributed by atoms with Crippen molar-refractivity contribution in [1.29, 1.82) is 0 Å². The number of hydrogen-bond acceptors (Lipinski definition) is 4. The van der Waals surface area contributed by atoms with Crippen LogP contribution >= 0.6 is 27.3 Å². The van der Waals surface area contributed by atoms with E-state index < -0.39 is 5.54 Å². The molecule has 1 unspecified atom stereocenters. The molecule has 62 valence electrons. The average molecular weight is 237 g/mol. The lowest BCUT2D eigenvalue weighted by Gasteiger charge is -2.18. The summed E-state index contributed by atoms with van der Waals surface area (Å²) in [5.41, 5.74) is 5.72. The SMILES string of the molecule is CC(N)(CO)c1csc(Br)n1. The van der Waals surface area contributed by atoms with Crippen molar-refractivity contribution in [2.75, 3.05) is 6.61 Å². The Bertz CT molecular complexity index is 248. The van der Waals surface area contributed by atoms with Gasteiger partial charge in [0.2, 0.25) is 0 Å². The van der Waals surface area contributed by atoms with Gasteiger partial charge in [0, 0.05) is 5.38 Å². The van der Waals surface area contributed by atoms with Gasteiger partial charge in [-0.05, 0) is 22.9 Å². The standard InChI is InChI=1S/C6H9BrN2OS/c1-6(8,3-10)4-2-11-5(7)9-4/h2,10H,3,8H2,1H3. The molecule has 5 heteroatoms. The van der Waals surface area contributed by atoms with Gasteiger partial charge in [-0.2, -0.15) is 0 Å². The van der Waals surface area contributed by atoms with E-state index in [9.17, 15) is 0 Å². The lowest BCUT2D eigenvalue weighted by atomic mass is 10.0. The third kappa shape index (κ3) is 1.99. The first-order valence-corrected chi connectivity index (χ1v) is 4.75. The van der Waals surface area contributed by atoms with E-state index in [1.165, 1.54) is 11.3 Å². The summed E-state index contributed by atoms with van der Waals surface area (Å²) in [4.78, 5) is 4.10. The smallest absolute Gasteiger partial charge is 0.159 e. The summed E-state index contributed by atoms with van der Waals surface area (Å²) in [5, 5.41) is 10.7. The fourth-order valence-corrected chi connectivity index (χ4v) is 1.75. The first-order valence-electron chi connectivity index (χ1n) is 3.07. The second-order valence-electron chi connectivity index (χ2n) is 2.56. The van der Waals surface area contributed by atoms with Crippen LogP contribution in [0.1, 0.15) is 12.6 Å². The molecule has 1 aromatic rings. The molecule has 3 nitrogen and oxygen atoms in total. The lowest BCUT2D eigenvalue weighted by Crippen LogP contribution is -2.37. The minimum Gasteiger partial charge on any atom is -0.394 e. The van der Waals surface area contributed by atoms with Gasteiger partial charge >= 0.3 is 0 Å². The summed E-state index contributed by atoms with van der Waals surface area (Å²) in [6.45, 7) is 1.65. The van der Waals surface area contributed by atoms with E-state index in [4.69, 9.17) is 10.8 Å². The van der Waals surface area contributed by atoms with Crippen molar-refractivity contribution in [1.82, 2.24) is 4.98 Å². The van der Waals surface area contributed by atoms with Crippen molar-refractivity contribution in [3.05, 3.63) is 15.0 Å². The predicted molar refractivity (Wildman–Crippen MR) is 48.4 cm³/mol. The molecule has 0 aromatic carbocycles. The monoisotopic (exact) mass is 236 g/mol. The molecular formula is C6H9BrN2OS. The van der Waals surface area contributed by atoms with Crippen LogP contribution in [0.4, 0.5) is 0 Å². The number of aromatic nitrogens is 1. The van der Waals surface area contributed by atoms with E-state index in [1.807, 2.05) is 5.38 Å². The Balaban J connectivity index is 2.92. The van der Waals surface area contributed by atoms with Gasteiger partial charge in [-0.3, -0.25) is 0 Å². The maximum atomic E-state index is 8.88. The number of nitrogens with zero attached hydrogens (tertiary/aromatic N) is 1. The van der Waals surface area contributed by atoms with Crippen molar-refractivity contribution in [2.45, 2.75) is 12.5 Å². The number of aliphatic hydroxyl groups is 1. The summed E-state index contributed by atoms with van der Waals surface area (Å²) in [6, 6.07) is 0. The molecule has 1 heterocycles. The van der Waals surface area contributed by atoms with Crippen LogP contribution in [0.15, 0.2) is 9.30 Å². The van der Waals surface area contributed by atoms with Gasteiger partial charge in [0.25, 0.3) is 0 Å². The molecule has 0 amide bonds. The minimum absolute atomic E-state index is 0.0941. The second-order valence-corrected chi connectivity index (χ2v) is 4.70. The zero-order valence-electron chi connectivity index (χ0n) is 6.04. The number of halogens is 1. The van der Waals surface area contributed by atoms with Crippen LogP contribution in [-0.2, 0) is 5.54 Å². The molecule has 1 atom stereocenters. The van der Waals surface area contributed by atoms with Gasteiger partial charge in [0.1, 0.15) is 0 Å². The number of aliphatic hydroxyl groups excluding tert-OH is 1. The summed E-state index contributed by atoms with van der Waals surface area (Å²) in [7, 11) is 0. The van der Waals surface area contributed by atoms with E-state index in [0.29, 0.717) is 0 Å². The van der Waals surface area contributed by atoms with E-state index in [2.05, 4.69) is 20.9 Å². The molecule has 0 aliphatic heterocycles. The minimum atomic E-state index is -0.720. The number of nitrogens with two attached hydrogens (primary N) is 1. The third-order valence-electron chi connectivity index (χ3n) is 1.39. The summed E-state index contributed by atoms with van der Waals surface area (Å²) in [6.07, 6.45) is 0. The van der Waals surface area contributed by atoms with Crippen LogP contribution in [0.5, 0.6) is 0 Å². The van der Waals surface area contributed by atoms with Crippen LogP contribution in [0.3, 0.4) is 0 Å². The number of rotatable bonds is 2. The highest BCUT2D eigenvalue weighted by atomic mass is 79.9. The normalized spacial score (nSPS) is 16.4. The second kappa shape index (κ2) is 3.18. The zero-order valence-corrected chi connectivity index (χ0v) is 8.44. The van der Waals surface area contributed by atoms with Crippen LogP contribution in [0.25, 0.3) is 0 Å². The number of hydrogen-bond donors (Lipinski definition) is 2. The number of thiazole rings is 1. The first-order chi connectivity index (χ1) is 5.06. The quantitative estimate of drug-likeness (QED) is 0.808. The Hall–Kier alpha value is 0.0300. The van der Waals surface area contributed by atoms with Gasteiger partial charge in [0.15, 0.2) is 3.92 Å². The lowest BCUT2D eigenvalue weighted by molar-refractivity contribution is 0.207. The Kier molecular flexibility index (Phi) is 2.64. The van der Waals surface area contributed by atoms with Crippen molar-refractivity contribution >= 4 is 27.3 Å². The molecule has 0 aliphatic carbocycles. The average Bonchev–Trinajstić information content (AvgIpc) is 2.36. The van der Waals surface area contributed by atoms with Crippen LogP contribution in [0, 0.1) is 0 Å². The molecular weight excluding hydrogens is 228 g/mol. The van der Waals surface area contributed by atoms with Crippen LogP contribution in [0.2, 0.25) is 0 Å². The summed E-state index contributed by atoms with van der Waals surface area (Å²) in [5.74, 6) is 0. The Labute approximate surface area is 77.4 Å².